The minimum Gasteiger partial charge on any atom is -0.347 e. The van der Waals surface area contributed by atoms with Crippen molar-refractivity contribution in [2.75, 3.05) is 11.9 Å². The molecule has 0 saturated carbocycles. The average Bonchev–Trinajstić information content (AvgIpc) is 3.27. The zero-order valence-electron chi connectivity index (χ0n) is 13.5. The first-order valence-corrected chi connectivity index (χ1v) is 9.34. The van der Waals surface area contributed by atoms with E-state index in [2.05, 4.69) is 81.8 Å². The number of benzene rings is 1. The first-order chi connectivity index (χ1) is 11.7. The van der Waals surface area contributed by atoms with Crippen LogP contribution in [0.15, 0.2) is 60.1 Å². The molecule has 0 aliphatic carbocycles. The first-order valence-electron chi connectivity index (χ1n) is 8.05. The molecule has 3 aromatic rings. The zero-order valence-corrected chi connectivity index (χ0v) is 15.1. The lowest BCUT2D eigenvalue weighted by Crippen LogP contribution is -2.44. The van der Waals surface area contributed by atoms with Crippen LogP contribution in [0.3, 0.4) is 0 Å². The fourth-order valence-corrected chi connectivity index (χ4v) is 4.34. The van der Waals surface area contributed by atoms with E-state index in [0.717, 1.165) is 23.9 Å². The Bertz CT molecular complexity index is 834. The van der Waals surface area contributed by atoms with Crippen molar-refractivity contribution in [1.29, 1.82) is 0 Å². The number of hydrogen-bond donors (Lipinski definition) is 1. The summed E-state index contributed by atoms with van der Waals surface area (Å²) in [6.45, 7) is 3.95. The molecule has 0 saturated heterocycles. The largest absolute Gasteiger partial charge is 0.347 e. The van der Waals surface area contributed by atoms with Crippen molar-refractivity contribution in [3.05, 3.63) is 76.2 Å². The number of aromatic nitrogens is 1. The topological polar surface area (TPSA) is 20.2 Å². The molecule has 2 aromatic heterocycles. The fourth-order valence-electron chi connectivity index (χ4n) is 3.18. The molecular formula is C19H19N3S2. The lowest BCUT2D eigenvalue weighted by molar-refractivity contribution is 0.297. The molecule has 1 aliphatic rings. The molecule has 0 bridgehead atoms. The molecular weight excluding hydrogens is 334 g/mol. The van der Waals surface area contributed by atoms with Crippen LogP contribution in [0.5, 0.6) is 0 Å². The van der Waals surface area contributed by atoms with Crippen molar-refractivity contribution in [2.45, 2.75) is 19.5 Å². The highest BCUT2D eigenvalue weighted by molar-refractivity contribution is 7.80. The second-order valence-corrected chi connectivity index (χ2v) is 7.40. The van der Waals surface area contributed by atoms with Gasteiger partial charge in [0.05, 0.1) is 0 Å². The Morgan fingerprint density at radius 2 is 1.96 bits per heavy atom. The summed E-state index contributed by atoms with van der Waals surface area (Å²) < 4.78 is 2.33. The molecule has 24 heavy (non-hydrogen) atoms. The molecule has 3 heterocycles. The monoisotopic (exact) mass is 353 g/mol. The highest BCUT2D eigenvalue weighted by Gasteiger charge is 2.31. The Morgan fingerprint density at radius 1 is 1.12 bits per heavy atom. The lowest BCUT2D eigenvalue weighted by Gasteiger charge is -2.38. The number of anilines is 1. The van der Waals surface area contributed by atoms with Gasteiger partial charge in [0.25, 0.3) is 0 Å². The number of rotatable bonds is 2. The normalized spacial score (nSPS) is 16.7. The van der Waals surface area contributed by atoms with Crippen LogP contribution in [0.25, 0.3) is 0 Å². The minimum atomic E-state index is 0.180. The van der Waals surface area contributed by atoms with Crippen LogP contribution >= 0.6 is 23.6 Å². The predicted octanol–water partition coefficient (Wildman–Crippen LogP) is 4.66. The van der Waals surface area contributed by atoms with Crippen molar-refractivity contribution >= 4 is 34.4 Å². The van der Waals surface area contributed by atoms with Crippen LogP contribution in [0.4, 0.5) is 5.69 Å². The van der Waals surface area contributed by atoms with Crippen molar-refractivity contribution < 1.29 is 0 Å². The molecule has 0 spiro atoms. The Hall–Kier alpha value is -2.11. The highest BCUT2D eigenvalue weighted by atomic mass is 32.1. The van der Waals surface area contributed by atoms with Gasteiger partial charge in [0.1, 0.15) is 6.04 Å². The van der Waals surface area contributed by atoms with Crippen molar-refractivity contribution in [2.24, 2.45) is 0 Å². The Kier molecular flexibility index (Phi) is 4.12. The van der Waals surface area contributed by atoms with Gasteiger partial charge < -0.3 is 14.8 Å². The average molecular weight is 354 g/mol. The molecule has 1 aromatic carbocycles. The molecule has 3 nitrogen and oxygen atoms in total. The number of aryl methyl sites for hydroxylation is 1. The summed E-state index contributed by atoms with van der Waals surface area (Å²) in [7, 11) is 0. The molecule has 0 fully saturated rings. The van der Waals surface area contributed by atoms with Gasteiger partial charge in [0.15, 0.2) is 5.11 Å². The molecule has 1 aliphatic heterocycles. The van der Waals surface area contributed by atoms with Gasteiger partial charge in [-0.25, -0.2) is 0 Å². The quantitative estimate of drug-likeness (QED) is 0.677. The summed E-state index contributed by atoms with van der Waals surface area (Å²) in [5.41, 5.74) is 3.59. The van der Waals surface area contributed by atoms with Gasteiger partial charge in [-0.05, 0) is 54.9 Å². The summed E-state index contributed by atoms with van der Waals surface area (Å²) in [5, 5.41) is 6.32. The van der Waals surface area contributed by atoms with Crippen molar-refractivity contribution in [1.82, 2.24) is 9.47 Å². The van der Waals surface area contributed by atoms with E-state index in [0.29, 0.717) is 0 Å². The standard InChI is InChI=1S/C19H19N3S2/c1-14-6-8-15(9-7-14)20-19(23)22-12-11-21-10-2-4-16(21)18(22)17-5-3-13-24-17/h2-10,13,18H,11-12H2,1H3,(H,20,23)/t18-/m1/s1. The molecule has 4 rings (SSSR count). The van der Waals surface area contributed by atoms with Crippen LogP contribution < -0.4 is 5.32 Å². The second kappa shape index (κ2) is 6.42. The summed E-state index contributed by atoms with van der Waals surface area (Å²) in [6, 6.07) is 17.2. The number of nitrogens with one attached hydrogen (secondary N) is 1. The van der Waals surface area contributed by atoms with Crippen molar-refractivity contribution in [3.63, 3.8) is 0 Å². The SMILES string of the molecule is Cc1ccc(NC(=S)N2CCn3cccc3[C@@H]2c2cccs2)cc1. The van der Waals surface area contributed by atoms with Gasteiger partial charge in [-0.15, -0.1) is 11.3 Å². The van der Waals surface area contributed by atoms with Crippen LogP contribution in [0.1, 0.15) is 22.2 Å². The zero-order chi connectivity index (χ0) is 16.5. The van der Waals surface area contributed by atoms with Gasteiger partial charge in [0.2, 0.25) is 0 Å². The third-order valence-corrected chi connectivity index (χ3v) is 5.68. The number of fused-ring (bicyclic) bond motifs is 1. The van der Waals surface area contributed by atoms with Crippen molar-refractivity contribution in [3.8, 4) is 0 Å². The maximum Gasteiger partial charge on any atom is 0.174 e. The Morgan fingerprint density at radius 3 is 2.71 bits per heavy atom. The van der Waals surface area contributed by atoms with Crippen LogP contribution in [-0.2, 0) is 6.54 Å². The van der Waals surface area contributed by atoms with Gasteiger partial charge in [-0.3, -0.25) is 0 Å². The van der Waals surface area contributed by atoms with Gasteiger partial charge in [0, 0.05) is 35.5 Å². The van der Waals surface area contributed by atoms with E-state index in [9.17, 15) is 0 Å². The molecule has 1 N–H and O–H groups in total. The van der Waals surface area contributed by atoms with E-state index in [1.165, 1.54) is 16.1 Å². The first kappa shape index (κ1) is 15.4. The van der Waals surface area contributed by atoms with E-state index in [4.69, 9.17) is 12.2 Å². The summed E-state index contributed by atoms with van der Waals surface area (Å²) in [5.74, 6) is 0. The minimum absolute atomic E-state index is 0.180. The molecule has 5 heteroatoms. The highest BCUT2D eigenvalue weighted by Crippen LogP contribution is 2.35. The van der Waals surface area contributed by atoms with E-state index in [1.807, 2.05) is 0 Å². The smallest absolute Gasteiger partial charge is 0.174 e. The maximum absolute atomic E-state index is 5.75. The molecule has 0 radical (unpaired) electrons. The number of thiophene rings is 1. The van der Waals surface area contributed by atoms with Crippen LogP contribution in [0.2, 0.25) is 0 Å². The van der Waals surface area contributed by atoms with Crippen LogP contribution in [0, 0.1) is 6.92 Å². The third kappa shape index (κ3) is 2.85. The second-order valence-electron chi connectivity index (χ2n) is 6.03. The van der Waals surface area contributed by atoms with E-state index in [1.54, 1.807) is 11.3 Å². The maximum atomic E-state index is 5.75. The Balaban J connectivity index is 1.63. The van der Waals surface area contributed by atoms with Gasteiger partial charge in [-0.2, -0.15) is 0 Å². The van der Waals surface area contributed by atoms with E-state index >= 15 is 0 Å². The third-order valence-electron chi connectivity index (χ3n) is 4.41. The Labute approximate surface area is 151 Å². The van der Waals surface area contributed by atoms with Crippen LogP contribution in [-0.4, -0.2) is 21.1 Å². The fraction of sp³-hybridized carbons (Fsp3) is 0.211. The molecule has 1 atom stereocenters. The number of nitrogens with zero attached hydrogens (tertiary/aromatic N) is 2. The summed E-state index contributed by atoms with van der Waals surface area (Å²) >= 11 is 7.54. The summed E-state index contributed by atoms with van der Waals surface area (Å²) in [4.78, 5) is 3.62. The van der Waals surface area contributed by atoms with Gasteiger partial charge in [-0.1, -0.05) is 23.8 Å². The predicted molar refractivity (Wildman–Crippen MR) is 105 cm³/mol. The van der Waals surface area contributed by atoms with Gasteiger partial charge >= 0.3 is 0 Å². The molecule has 122 valence electrons. The lowest BCUT2D eigenvalue weighted by atomic mass is 10.1. The van der Waals surface area contributed by atoms with E-state index < -0.39 is 0 Å². The molecule has 0 unspecified atom stereocenters. The summed E-state index contributed by atoms with van der Waals surface area (Å²) in [6.07, 6.45) is 2.16. The van der Waals surface area contributed by atoms with E-state index in [-0.39, 0.29) is 6.04 Å². The number of hydrogen-bond acceptors (Lipinski definition) is 2. The number of thiocarbonyl (C=S) groups is 1. The molecule has 0 amide bonds.